The summed E-state index contributed by atoms with van der Waals surface area (Å²) in [5.74, 6) is -2.10. The highest BCUT2D eigenvalue weighted by Gasteiger charge is 2.24. The number of benzene rings is 1. The zero-order valence-electron chi connectivity index (χ0n) is 15.7. The second-order valence-electron chi connectivity index (χ2n) is 6.85. The molecule has 29 heavy (non-hydrogen) atoms. The number of nitrogens with zero attached hydrogens (tertiary/aromatic N) is 4. The third-order valence-corrected chi connectivity index (χ3v) is 4.87. The van der Waals surface area contributed by atoms with E-state index < -0.39 is 23.1 Å². The zero-order chi connectivity index (χ0) is 20.5. The van der Waals surface area contributed by atoms with Crippen molar-refractivity contribution < 1.29 is 18.0 Å². The number of aromatic nitrogens is 2. The number of hydrogen-bond acceptors (Lipinski definition) is 6. The highest BCUT2D eigenvalue weighted by Crippen LogP contribution is 2.32. The average molecular weight is 399 g/mol. The van der Waals surface area contributed by atoms with Crippen LogP contribution in [-0.2, 0) is 0 Å². The summed E-state index contributed by atoms with van der Waals surface area (Å²) in [4.78, 5) is 24.6. The summed E-state index contributed by atoms with van der Waals surface area (Å²) >= 11 is 0. The number of likely N-dealkylation sites (N-methyl/N-ethyl adjacent to an activating group) is 1. The number of rotatable bonds is 4. The summed E-state index contributed by atoms with van der Waals surface area (Å²) in [6.45, 7) is 3.59. The molecule has 150 valence electrons. The van der Waals surface area contributed by atoms with Gasteiger partial charge >= 0.3 is 0 Å². The maximum atomic E-state index is 14.1. The molecule has 0 unspecified atom stereocenters. The van der Waals surface area contributed by atoms with Crippen LogP contribution in [0.2, 0.25) is 0 Å². The lowest BCUT2D eigenvalue weighted by atomic mass is 10.2. The minimum Gasteiger partial charge on any atom is -0.435 e. The number of oxazole rings is 1. The van der Waals surface area contributed by atoms with E-state index in [-0.39, 0.29) is 17.3 Å². The maximum absolute atomic E-state index is 14.1. The molecule has 1 amide bonds. The fourth-order valence-electron chi connectivity index (χ4n) is 3.23. The predicted molar refractivity (Wildman–Crippen MR) is 103 cm³/mol. The third kappa shape index (κ3) is 3.68. The molecule has 7 nitrogen and oxygen atoms in total. The summed E-state index contributed by atoms with van der Waals surface area (Å²) in [5, 5.41) is 0. The van der Waals surface area contributed by atoms with Gasteiger partial charge in [0.15, 0.2) is 11.5 Å². The van der Waals surface area contributed by atoms with Gasteiger partial charge in [0.25, 0.3) is 5.91 Å². The molecule has 1 aliphatic heterocycles. The van der Waals surface area contributed by atoms with Gasteiger partial charge in [0.05, 0.1) is 0 Å². The molecule has 0 spiro atoms. The van der Waals surface area contributed by atoms with E-state index in [9.17, 15) is 13.6 Å². The smallest absolute Gasteiger partial charge is 0.271 e. The number of halogens is 2. The molecule has 1 saturated heterocycles. The van der Waals surface area contributed by atoms with Gasteiger partial charge in [-0.1, -0.05) is 6.07 Å². The van der Waals surface area contributed by atoms with E-state index in [1.54, 1.807) is 12.1 Å². The summed E-state index contributed by atoms with van der Waals surface area (Å²) < 4.78 is 33.7. The molecule has 0 atom stereocenters. The molecular weight excluding hydrogens is 380 g/mol. The van der Waals surface area contributed by atoms with E-state index in [2.05, 4.69) is 26.8 Å². The van der Waals surface area contributed by atoms with E-state index in [0.29, 0.717) is 5.56 Å². The van der Waals surface area contributed by atoms with Gasteiger partial charge in [-0.15, -0.1) is 0 Å². The number of piperazine rings is 1. The monoisotopic (exact) mass is 399 g/mol. The largest absolute Gasteiger partial charge is 0.435 e. The van der Waals surface area contributed by atoms with Crippen LogP contribution in [-0.4, -0.2) is 54.0 Å². The average Bonchev–Trinajstić information content (AvgIpc) is 3.14. The number of pyridine rings is 1. The van der Waals surface area contributed by atoms with Crippen LogP contribution in [0.3, 0.4) is 0 Å². The number of carbonyl (C=O) groups is 1. The Labute approximate surface area is 165 Å². The number of primary amides is 1. The molecule has 4 rings (SSSR count). The first-order valence-corrected chi connectivity index (χ1v) is 9.09. The maximum Gasteiger partial charge on any atom is 0.271 e. The van der Waals surface area contributed by atoms with Crippen LogP contribution >= 0.6 is 0 Å². The Morgan fingerprint density at radius 3 is 2.38 bits per heavy atom. The Balaban J connectivity index is 1.69. The Kier molecular flexibility index (Phi) is 4.98. The first kappa shape index (κ1) is 19.0. The summed E-state index contributed by atoms with van der Waals surface area (Å²) in [6.07, 6.45) is 1.53. The number of amides is 1. The highest BCUT2D eigenvalue weighted by molar-refractivity contribution is 5.97. The van der Waals surface area contributed by atoms with Gasteiger partial charge in [0.2, 0.25) is 5.89 Å². The van der Waals surface area contributed by atoms with E-state index in [1.807, 2.05) is 0 Å². The van der Waals surface area contributed by atoms with Gasteiger partial charge in [-0.3, -0.25) is 4.79 Å². The summed E-state index contributed by atoms with van der Waals surface area (Å²) in [6, 6.07) is 6.91. The van der Waals surface area contributed by atoms with Crippen molar-refractivity contribution in [3.63, 3.8) is 0 Å². The molecule has 0 saturated carbocycles. The molecule has 1 aliphatic rings. The molecule has 2 N–H and O–H groups in total. The number of anilines is 1. The van der Waals surface area contributed by atoms with Gasteiger partial charge < -0.3 is 20.0 Å². The van der Waals surface area contributed by atoms with Crippen molar-refractivity contribution in [2.24, 2.45) is 5.73 Å². The number of nitrogens with two attached hydrogens (primary N) is 1. The number of hydrogen-bond donors (Lipinski definition) is 1. The predicted octanol–water partition coefficient (Wildman–Crippen LogP) is 2.53. The van der Waals surface area contributed by atoms with Crippen molar-refractivity contribution in [3.8, 4) is 22.8 Å². The molecule has 0 radical (unpaired) electrons. The van der Waals surface area contributed by atoms with Crippen LogP contribution in [0.25, 0.3) is 22.8 Å². The Hall–Kier alpha value is -3.33. The summed E-state index contributed by atoms with van der Waals surface area (Å²) in [5.41, 5.74) is 5.17. The molecule has 1 fully saturated rings. The van der Waals surface area contributed by atoms with Crippen LogP contribution < -0.4 is 10.6 Å². The standard InChI is InChI=1S/C20H19F2N5O2/c1-26-7-9-27(10-8-26)15-6-5-12(11-24-15)18-17(19(23)28)25-20(29-18)16-13(21)3-2-4-14(16)22/h2-6,11H,7-10H2,1H3,(H2,23,28). The molecule has 0 aliphatic carbocycles. The lowest BCUT2D eigenvalue weighted by Gasteiger charge is -2.33. The van der Waals surface area contributed by atoms with Crippen molar-refractivity contribution >= 4 is 11.7 Å². The van der Waals surface area contributed by atoms with Crippen LogP contribution in [0.15, 0.2) is 40.9 Å². The second kappa shape index (κ2) is 7.59. The minimum absolute atomic E-state index is 0.0209. The van der Waals surface area contributed by atoms with Gasteiger partial charge in [-0.05, 0) is 31.3 Å². The van der Waals surface area contributed by atoms with Gasteiger partial charge in [0, 0.05) is 37.9 Å². The zero-order valence-corrected chi connectivity index (χ0v) is 15.7. The fourth-order valence-corrected chi connectivity index (χ4v) is 3.23. The quantitative estimate of drug-likeness (QED) is 0.725. The molecule has 9 heteroatoms. The van der Waals surface area contributed by atoms with Crippen molar-refractivity contribution in [2.45, 2.75) is 0 Å². The molecule has 3 aromatic rings. The Bertz CT molecular complexity index is 1020. The van der Waals surface area contributed by atoms with Crippen molar-refractivity contribution in [3.05, 3.63) is 53.9 Å². The molecule has 3 heterocycles. The van der Waals surface area contributed by atoms with E-state index in [0.717, 1.165) is 44.1 Å². The van der Waals surface area contributed by atoms with E-state index in [4.69, 9.17) is 10.2 Å². The lowest BCUT2D eigenvalue weighted by molar-refractivity contribution is 0.0996. The molecule has 1 aromatic carbocycles. The molecule has 2 aromatic heterocycles. The lowest BCUT2D eigenvalue weighted by Crippen LogP contribution is -2.44. The molecular formula is C20H19F2N5O2. The Morgan fingerprint density at radius 1 is 1.10 bits per heavy atom. The van der Waals surface area contributed by atoms with Crippen LogP contribution in [0.5, 0.6) is 0 Å². The topological polar surface area (TPSA) is 88.5 Å². The van der Waals surface area contributed by atoms with Crippen molar-refractivity contribution in [1.29, 1.82) is 0 Å². The Morgan fingerprint density at radius 2 is 1.79 bits per heavy atom. The van der Waals surface area contributed by atoms with Crippen molar-refractivity contribution in [1.82, 2.24) is 14.9 Å². The van der Waals surface area contributed by atoms with Gasteiger partial charge in [-0.2, -0.15) is 0 Å². The van der Waals surface area contributed by atoms with Gasteiger partial charge in [-0.25, -0.2) is 18.7 Å². The van der Waals surface area contributed by atoms with Crippen LogP contribution in [0, 0.1) is 11.6 Å². The highest BCUT2D eigenvalue weighted by atomic mass is 19.1. The van der Waals surface area contributed by atoms with Crippen LogP contribution in [0.4, 0.5) is 14.6 Å². The van der Waals surface area contributed by atoms with E-state index in [1.165, 1.54) is 12.3 Å². The first-order valence-electron chi connectivity index (χ1n) is 9.09. The van der Waals surface area contributed by atoms with Crippen molar-refractivity contribution in [2.75, 3.05) is 38.1 Å². The SMILES string of the molecule is CN1CCN(c2ccc(-c3oc(-c4c(F)cccc4F)nc3C(N)=O)cn2)CC1. The first-order chi connectivity index (χ1) is 13.9. The third-order valence-electron chi connectivity index (χ3n) is 4.87. The minimum atomic E-state index is -0.866. The normalized spacial score (nSPS) is 14.9. The number of carbonyl (C=O) groups excluding carboxylic acids is 1. The van der Waals surface area contributed by atoms with E-state index >= 15 is 0 Å². The summed E-state index contributed by atoms with van der Waals surface area (Å²) in [7, 11) is 2.07. The van der Waals surface area contributed by atoms with Crippen LogP contribution in [0.1, 0.15) is 10.5 Å². The van der Waals surface area contributed by atoms with Gasteiger partial charge in [0.1, 0.15) is 23.0 Å². The molecule has 0 bridgehead atoms. The fraction of sp³-hybridized carbons (Fsp3) is 0.250. The second-order valence-corrected chi connectivity index (χ2v) is 6.85.